The SMILES string of the molecule is C=C(C)C(=O)N(CCS(=O)(=O)c1ccccc1)CCS(=O)(=O)c1ccccc1.C=C(C)C(=O)N1CCCC1.C=C(C)C(=O)N1CCCC1=O.C=C(C)C(=O)N1CCCCC1.C=CC(=O)N1CCCC1.C=CC(=O)N1CCCCC1.C=CC(=O)ON1C(=O)CCC1=O.[C-]#[N+]CCN(CCC#N)C(=O)C=C. The van der Waals surface area contributed by atoms with Crippen LogP contribution in [0.4, 0.5) is 0 Å². The number of carbonyl (C=O) groups excluding carboxylic acids is 11. The molecule has 6 saturated heterocycles. The van der Waals surface area contributed by atoms with E-state index >= 15 is 0 Å². The molecule has 0 aliphatic carbocycles. The van der Waals surface area contributed by atoms with E-state index in [4.69, 9.17) is 11.8 Å². The van der Waals surface area contributed by atoms with Crippen LogP contribution in [0.15, 0.2) is 170 Å². The quantitative estimate of drug-likeness (QED) is 0.0643. The summed E-state index contributed by atoms with van der Waals surface area (Å²) in [5, 5.41) is 8.80. The van der Waals surface area contributed by atoms with Crippen molar-refractivity contribution in [3.8, 4) is 6.07 Å². The van der Waals surface area contributed by atoms with Crippen molar-refractivity contribution in [1.29, 1.82) is 5.26 Å². The maximum Gasteiger partial charge on any atom is 0.356 e. The second kappa shape index (κ2) is 50.2. The first-order valence-electron chi connectivity index (χ1n) is 34.3. The molecule has 8 rings (SSSR count). The minimum atomic E-state index is -3.59. The molecule has 0 saturated carbocycles. The molecule has 0 spiro atoms. The van der Waals surface area contributed by atoms with Crippen LogP contribution < -0.4 is 0 Å². The van der Waals surface area contributed by atoms with Gasteiger partial charge in [-0.3, -0.25) is 52.8 Å². The molecular weight excluding hydrogens is 1370 g/mol. The molecule has 104 heavy (non-hydrogen) atoms. The van der Waals surface area contributed by atoms with E-state index in [1.807, 2.05) is 25.7 Å². The molecule has 0 N–H and O–H groups in total. The van der Waals surface area contributed by atoms with E-state index in [9.17, 15) is 69.6 Å². The Labute approximate surface area is 615 Å². The number of hydrogen-bond acceptors (Lipinski definition) is 17. The molecule has 6 aliphatic heterocycles. The van der Waals surface area contributed by atoms with Gasteiger partial charge in [0.25, 0.3) is 17.7 Å². The van der Waals surface area contributed by atoms with Gasteiger partial charge in [0.2, 0.25) is 47.9 Å². The fourth-order valence-electron chi connectivity index (χ4n) is 10.1. The van der Waals surface area contributed by atoms with Gasteiger partial charge < -0.3 is 39.1 Å². The highest BCUT2D eigenvalue weighted by molar-refractivity contribution is 7.91. The lowest BCUT2D eigenvalue weighted by molar-refractivity contribution is -0.193. The van der Waals surface area contributed by atoms with E-state index in [1.54, 1.807) is 57.2 Å². The number of benzene rings is 2. The number of likely N-dealkylation sites (tertiary alicyclic amines) is 5. The first-order chi connectivity index (χ1) is 49.3. The third-order valence-electron chi connectivity index (χ3n) is 15.8. The molecule has 10 amide bonds. The summed E-state index contributed by atoms with van der Waals surface area (Å²) >= 11 is 0. The number of rotatable bonds is 21. The molecule has 6 fully saturated rings. The van der Waals surface area contributed by atoms with E-state index in [1.165, 1.54) is 77.0 Å². The maximum absolute atomic E-state index is 12.5. The molecule has 566 valence electrons. The third kappa shape index (κ3) is 35.1. The second-order valence-electron chi connectivity index (χ2n) is 24.3. The number of hydrogen-bond donors (Lipinski definition) is 0. The highest BCUT2D eigenvalue weighted by Gasteiger charge is 2.32. The van der Waals surface area contributed by atoms with Gasteiger partial charge in [0.05, 0.1) is 40.3 Å². The average Bonchev–Trinajstić information content (AvgIpc) is 1.24. The number of carbonyl (C=O) groups is 11. The Morgan fingerprint density at radius 1 is 0.490 bits per heavy atom. The van der Waals surface area contributed by atoms with Crippen LogP contribution in [0, 0.1) is 17.9 Å². The molecule has 0 aromatic heterocycles. The lowest BCUT2D eigenvalue weighted by Crippen LogP contribution is -2.38. The molecule has 26 nitrogen and oxygen atoms in total. The summed E-state index contributed by atoms with van der Waals surface area (Å²) in [5.41, 5.74) is 1.96. The van der Waals surface area contributed by atoms with Gasteiger partial charge in [0, 0.05) is 126 Å². The number of sulfone groups is 2. The zero-order chi connectivity index (χ0) is 78.4. The predicted octanol–water partition coefficient (Wildman–Crippen LogP) is 8.40. The van der Waals surface area contributed by atoms with Crippen molar-refractivity contribution in [2.45, 2.75) is 134 Å². The number of nitriles is 1. The van der Waals surface area contributed by atoms with Crippen LogP contribution in [0.3, 0.4) is 0 Å². The number of nitrogens with zero attached hydrogens (tertiary/aromatic N) is 10. The van der Waals surface area contributed by atoms with Crippen molar-refractivity contribution in [1.82, 2.24) is 39.4 Å². The Kier molecular flexibility index (Phi) is 44.3. The summed E-state index contributed by atoms with van der Waals surface area (Å²) in [7, 11) is -7.19. The highest BCUT2D eigenvalue weighted by Crippen LogP contribution is 2.18. The molecular formula is C76H104N10O16S2. The van der Waals surface area contributed by atoms with E-state index in [0.29, 0.717) is 47.8 Å². The van der Waals surface area contributed by atoms with Gasteiger partial charge in [-0.15, -0.1) is 5.06 Å². The Bertz CT molecular complexity index is 3540. The topological polar surface area (TPSA) is 319 Å². The summed E-state index contributed by atoms with van der Waals surface area (Å²) in [6, 6.07) is 17.8. The van der Waals surface area contributed by atoms with Crippen molar-refractivity contribution in [2.75, 3.05) is 103 Å². The van der Waals surface area contributed by atoms with Crippen molar-refractivity contribution < 1.29 is 74.4 Å². The first-order valence-corrected chi connectivity index (χ1v) is 37.6. The average molecular weight is 1480 g/mol. The van der Waals surface area contributed by atoms with Gasteiger partial charge in [-0.05, 0) is 141 Å². The fraction of sp³-hybridized carbons (Fsp3) is 0.461. The van der Waals surface area contributed by atoms with E-state index in [0.717, 1.165) is 116 Å². The molecule has 0 bridgehead atoms. The molecule has 2 aromatic rings. The maximum atomic E-state index is 12.5. The van der Waals surface area contributed by atoms with Crippen LogP contribution in [0.1, 0.15) is 124 Å². The smallest absolute Gasteiger partial charge is 0.339 e. The first kappa shape index (κ1) is 91.8. The predicted molar refractivity (Wildman–Crippen MR) is 398 cm³/mol. The third-order valence-corrected chi connectivity index (χ3v) is 19.2. The number of imide groups is 2. The van der Waals surface area contributed by atoms with Gasteiger partial charge in [0.1, 0.15) is 0 Å². The van der Waals surface area contributed by atoms with Gasteiger partial charge in [0.15, 0.2) is 19.7 Å². The largest absolute Gasteiger partial charge is 0.356 e. The number of hydroxylamine groups is 2. The molecule has 28 heteroatoms. The monoisotopic (exact) mass is 1480 g/mol. The van der Waals surface area contributed by atoms with E-state index in [-0.39, 0.29) is 107 Å². The Morgan fingerprint density at radius 3 is 1.19 bits per heavy atom. The molecule has 0 unspecified atom stereocenters. The van der Waals surface area contributed by atoms with Crippen LogP contribution in [0.25, 0.3) is 4.85 Å². The molecule has 2 aromatic carbocycles. The lowest BCUT2D eigenvalue weighted by atomic mass is 10.1. The summed E-state index contributed by atoms with van der Waals surface area (Å²) < 4.78 is 49.9. The Hall–Kier alpha value is -10.2. The van der Waals surface area contributed by atoms with Gasteiger partial charge in [-0.2, -0.15) is 5.26 Å². The Morgan fingerprint density at radius 2 is 0.875 bits per heavy atom. The number of amides is 10. The zero-order valence-corrected chi connectivity index (χ0v) is 62.6. The van der Waals surface area contributed by atoms with Crippen LogP contribution in [-0.2, 0) is 77.3 Å². The molecule has 0 radical (unpaired) electrons. The van der Waals surface area contributed by atoms with Gasteiger partial charge >= 0.3 is 5.97 Å². The Balaban J connectivity index is 0.000000618. The van der Waals surface area contributed by atoms with Crippen molar-refractivity contribution in [2.24, 2.45) is 0 Å². The van der Waals surface area contributed by atoms with Crippen molar-refractivity contribution >= 4 is 84.7 Å². The standard InChI is InChI=1S/C20H23NO5S2.C9H11N3O.C9H15NO.C8H11NO2.2C8H13NO.C7H7NO4.C7H11NO/c1-17(2)20(22)21(13-15-27(23,24)18-9-5-3-6-10-18)14-16-28(25,26)19-11-7-4-8-12-19;1-3-9(13)12(7-4-5-10)8-6-11-2;1-8(2)9(11)10-6-4-3-5-7-10;1-6(2)8(11)9-5-3-4-7(9)10;1-7(2)8(10)9-5-3-4-6-9;1-2-8(10)9-6-4-3-5-7-9;1-2-7(11)12-8-5(9)3-4-6(8)10;1-2-7(9)8-5-3-4-6-8/h3-12H,1,13-16H2,2H3;3H,1,4,6-8H2;1,3-7H2,2H3;1,3-5H2,2H3;1,3-6H2,2H3;2H,1,3-7H2;2H,1,3-4H2;2H,1,3-6H2. The van der Waals surface area contributed by atoms with Crippen LogP contribution in [-0.4, -0.2) is 224 Å². The minimum Gasteiger partial charge on any atom is -0.339 e. The normalized spacial score (nSPS) is 14.8. The minimum absolute atomic E-state index is 0.0713. The zero-order valence-electron chi connectivity index (χ0n) is 61.0. The van der Waals surface area contributed by atoms with Gasteiger partial charge in [-0.1, -0.05) is 89.0 Å². The van der Waals surface area contributed by atoms with E-state index in [2.05, 4.69) is 62.3 Å². The second-order valence-corrected chi connectivity index (χ2v) is 28.5. The molecule has 0 atom stereocenters. The molecule has 6 heterocycles. The highest BCUT2D eigenvalue weighted by atomic mass is 32.2. The number of piperidine rings is 2. The van der Waals surface area contributed by atoms with Crippen LogP contribution in [0.2, 0.25) is 0 Å². The fourth-order valence-corrected chi connectivity index (χ4v) is 12.6. The van der Waals surface area contributed by atoms with Crippen LogP contribution in [0.5, 0.6) is 0 Å². The van der Waals surface area contributed by atoms with Gasteiger partial charge in [-0.25, -0.2) is 28.2 Å². The van der Waals surface area contributed by atoms with E-state index < -0.39 is 43.4 Å². The summed E-state index contributed by atoms with van der Waals surface area (Å²) in [4.78, 5) is 141. The van der Waals surface area contributed by atoms with Crippen LogP contribution >= 0.6 is 0 Å². The lowest BCUT2D eigenvalue weighted by Gasteiger charge is -2.26. The summed E-state index contributed by atoms with van der Waals surface area (Å²) in [6.07, 6.45) is 18.4. The summed E-state index contributed by atoms with van der Waals surface area (Å²) in [5.74, 6) is -2.97. The van der Waals surface area contributed by atoms with Crippen molar-refractivity contribution in [3.05, 3.63) is 171 Å². The molecule has 6 aliphatic rings. The summed E-state index contributed by atoms with van der Waals surface area (Å²) in [6.45, 7) is 49.6. The van der Waals surface area contributed by atoms with Crippen molar-refractivity contribution in [3.63, 3.8) is 0 Å².